The highest BCUT2D eigenvalue weighted by molar-refractivity contribution is 5.94. The van der Waals surface area contributed by atoms with E-state index in [0.717, 1.165) is 34.5 Å². The molecule has 0 unspecified atom stereocenters. The normalized spacial score (nSPS) is 13.2. The second-order valence-electron chi connectivity index (χ2n) is 7.60. The van der Waals surface area contributed by atoms with E-state index in [9.17, 15) is 4.79 Å². The highest BCUT2D eigenvalue weighted by Crippen LogP contribution is 2.33. The Hall–Kier alpha value is -3.80. The minimum Gasteiger partial charge on any atom is -0.493 e. The number of hydrogen-bond acceptors (Lipinski definition) is 4. The first-order valence-corrected chi connectivity index (χ1v) is 10.2. The Bertz CT molecular complexity index is 1260. The zero-order chi connectivity index (χ0) is 21.4. The van der Waals surface area contributed by atoms with Crippen LogP contribution in [-0.2, 0) is 13.0 Å². The van der Waals surface area contributed by atoms with Gasteiger partial charge in [-0.05, 0) is 66.1 Å². The van der Waals surface area contributed by atoms with Crippen molar-refractivity contribution in [1.29, 1.82) is 0 Å². The molecule has 0 atom stereocenters. The summed E-state index contributed by atoms with van der Waals surface area (Å²) in [7, 11) is 3.26. The van der Waals surface area contributed by atoms with Crippen LogP contribution in [0.3, 0.4) is 0 Å². The predicted octanol–water partition coefficient (Wildman–Crippen LogP) is 4.24. The molecule has 1 aliphatic rings. The van der Waals surface area contributed by atoms with Gasteiger partial charge in [-0.15, -0.1) is 0 Å². The SMILES string of the molecule is COc1cc2c(cc1OC)CN(C(=O)c1ccc(-n3cnc4ccccc43)cc1)CC2. The molecule has 6 nitrogen and oxygen atoms in total. The molecule has 0 aliphatic carbocycles. The molecule has 0 saturated carbocycles. The lowest BCUT2D eigenvalue weighted by Gasteiger charge is -2.29. The van der Waals surface area contributed by atoms with Crippen LogP contribution in [0.4, 0.5) is 0 Å². The Morgan fingerprint density at radius 1 is 0.935 bits per heavy atom. The molecule has 2 heterocycles. The molecule has 1 aromatic heterocycles. The van der Waals surface area contributed by atoms with Gasteiger partial charge < -0.3 is 14.4 Å². The van der Waals surface area contributed by atoms with Crippen molar-refractivity contribution in [3.8, 4) is 17.2 Å². The molecule has 0 spiro atoms. The van der Waals surface area contributed by atoms with Gasteiger partial charge in [0, 0.05) is 24.3 Å². The first-order chi connectivity index (χ1) is 15.2. The number of aromatic nitrogens is 2. The maximum Gasteiger partial charge on any atom is 0.254 e. The van der Waals surface area contributed by atoms with Crippen LogP contribution in [0, 0.1) is 0 Å². The van der Waals surface area contributed by atoms with Gasteiger partial charge in [0.05, 0.1) is 25.3 Å². The van der Waals surface area contributed by atoms with Crippen molar-refractivity contribution in [2.24, 2.45) is 0 Å². The third-order valence-corrected chi connectivity index (χ3v) is 5.85. The fourth-order valence-corrected chi connectivity index (χ4v) is 4.17. The van der Waals surface area contributed by atoms with E-state index in [2.05, 4.69) is 4.98 Å². The van der Waals surface area contributed by atoms with Crippen LogP contribution in [0.25, 0.3) is 16.7 Å². The maximum absolute atomic E-state index is 13.1. The fourth-order valence-electron chi connectivity index (χ4n) is 4.17. The smallest absolute Gasteiger partial charge is 0.254 e. The van der Waals surface area contributed by atoms with Crippen LogP contribution in [0.1, 0.15) is 21.5 Å². The highest BCUT2D eigenvalue weighted by Gasteiger charge is 2.23. The second-order valence-corrected chi connectivity index (χ2v) is 7.60. The van der Waals surface area contributed by atoms with Crippen molar-refractivity contribution in [3.63, 3.8) is 0 Å². The highest BCUT2D eigenvalue weighted by atomic mass is 16.5. The summed E-state index contributed by atoms with van der Waals surface area (Å²) in [6, 6.07) is 19.7. The van der Waals surface area contributed by atoms with Crippen molar-refractivity contribution >= 4 is 16.9 Å². The summed E-state index contributed by atoms with van der Waals surface area (Å²) in [5.74, 6) is 1.44. The van der Waals surface area contributed by atoms with Gasteiger partial charge in [0.1, 0.15) is 6.33 Å². The van der Waals surface area contributed by atoms with Crippen molar-refractivity contribution in [2.75, 3.05) is 20.8 Å². The van der Waals surface area contributed by atoms with E-state index in [0.29, 0.717) is 24.4 Å². The molecule has 0 N–H and O–H groups in total. The average molecular weight is 413 g/mol. The van der Waals surface area contributed by atoms with E-state index in [1.807, 2.05) is 76.5 Å². The van der Waals surface area contributed by atoms with E-state index < -0.39 is 0 Å². The molecule has 1 aliphatic heterocycles. The zero-order valence-electron chi connectivity index (χ0n) is 17.5. The number of carbonyl (C=O) groups excluding carboxylic acids is 1. The number of amides is 1. The zero-order valence-corrected chi connectivity index (χ0v) is 17.5. The molecule has 156 valence electrons. The van der Waals surface area contributed by atoms with Crippen LogP contribution in [0.15, 0.2) is 67.0 Å². The average Bonchev–Trinajstić information content (AvgIpc) is 3.26. The van der Waals surface area contributed by atoms with Crippen LogP contribution >= 0.6 is 0 Å². The molecule has 4 aromatic rings. The molecule has 0 radical (unpaired) electrons. The number of nitrogens with zero attached hydrogens (tertiary/aromatic N) is 3. The topological polar surface area (TPSA) is 56.6 Å². The first-order valence-electron chi connectivity index (χ1n) is 10.2. The number of fused-ring (bicyclic) bond motifs is 2. The quantitative estimate of drug-likeness (QED) is 0.502. The number of hydrogen-bond donors (Lipinski definition) is 0. The monoisotopic (exact) mass is 413 g/mol. The van der Waals surface area contributed by atoms with Crippen LogP contribution in [0.5, 0.6) is 11.5 Å². The second kappa shape index (κ2) is 7.80. The number of imidazole rings is 1. The lowest BCUT2D eigenvalue weighted by molar-refractivity contribution is 0.0734. The van der Waals surface area contributed by atoms with Crippen LogP contribution < -0.4 is 9.47 Å². The predicted molar refractivity (Wildman–Crippen MR) is 119 cm³/mol. The molecule has 1 amide bonds. The fraction of sp³-hybridized carbons (Fsp3) is 0.200. The Morgan fingerprint density at radius 3 is 2.39 bits per heavy atom. The van der Waals surface area contributed by atoms with E-state index in [-0.39, 0.29) is 5.91 Å². The van der Waals surface area contributed by atoms with Crippen molar-refractivity contribution in [3.05, 3.63) is 83.7 Å². The van der Waals surface area contributed by atoms with E-state index >= 15 is 0 Å². The Morgan fingerprint density at radius 2 is 1.65 bits per heavy atom. The number of para-hydroxylation sites is 2. The number of carbonyl (C=O) groups is 1. The molecule has 3 aromatic carbocycles. The van der Waals surface area contributed by atoms with Gasteiger partial charge in [-0.3, -0.25) is 9.36 Å². The van der Waals surface area contributed by atoms with E-state index in [1.54, 1.807) is 14.2 Å². The van der Waals surface area contributed by atoms with Gasteiger partial charge in [0.2, 0.25) is 0 Å². The number of benzene rings is 3. The number of ether oxygens (including phenoxy) is 2. The summed E-state index contributed by atoms with van der Waals surface area (Å²) < 4.78 is 12.9. The molecule has 0 fully saturated rings. The minimum atomic E-state index is 0.0301. The molecule has 31 heavy (non-hydrogen) atoms. The lowest BCUT2D eigenvalue weighted by atomic mass is 9.98. The number of methoxy groups -OCH3 is 2. The van der Waals surface area contributed by atoms with Gasteiger partial charge >= 0.3 is 0 Å². The summed E-state index contributed by atoms with van der Waals surface area (Å²) in [6.07, 6.45) is 2.60. The van der Waals surface area contributed by atoms with Gasteiger partial charge in [0.25, 0.3) is 5.91 Å². The Labute approximate surface area is 180 Å². The van der Waals surface area contributed by atoms with Gasteiger partial charge in [0.15, 0.2) is 11.5 Å². The molecule has 6 heteroatoms. The molecule has 5 rings (SSSR count). The third-order valence-electron chi connectivity index (χ3n) is 5.85. The Balaban J connectivity index is 1.37. The maximum atomic E-state index is 13.1. The van der Waals surface area contributed by atoms with Gasteiger partial charge in [-0.25, -0.2) is 4.98 Å². The van der Waals surface area contributed by atoms with E-state index in [1.165, 1.54) is 5.56 Å². The molecule has 0 saturated heterocycles. The molecular formula is C25H23N3O3. The molecule has 0 bridgehead atoms. The third kappa shape index (κ3) is 3.40. The van der Waals surface area contributed by atoms with Crippen molar-refractivity contribution in [2.45, 2.75) is 13.0 Å². The Kier molecular flexibility index (Phi) is 4.82. The van der Waals surface area contributed by atoms with E-state index in [4.69, 9.17) is 9.47 Å². The minimum absolute atomic E-state index is 0.0301. The summed E-state index contributed by atoms with van der Waals surface area (Å²) in [5.41, 5.74) is 5.94. The summed E-state index contributed by atoms with van der Waals surface area (Å²) in [5, 5.41) is 0. The van der Waals surface area contributed by atoms with Crippen LogP contribution in [-0.4, -0.2) is 41.1 Å². The molecular weight excluding hydrogens is 390 g/mol. The van der Waals surface area contributed by atoms with Crippen molar-refractivity contribution in [1.82, 2.24) is 14.5 Å². The van der Waals surface area contributed by atoms with Crippen molar-refractivity contribution < 1.29 is 14.3 Å². The largest absolute Gasteiger partial charge is 0.493 e. The summed E-state index contributed by atoms with van der Waals surface area (Å²) >= 11 is 0. The summed E-state index contributed by atoms with van der Waals surface area (Å²) in [4.78, 5) is 19.5. The first kappa shape index (κ1) is 19.2. The lowest BCUT2D eigenvalue weighted by Crippen LogP contribution is -2.36. The van der Waals surface area contributed by atoms with Crippen LogP contribution in [0.2, 0.25) is 0 Å². The van der Waals surface area contributed by atoms with Gasteiger partial charge in [-0.1, -0.05) is 12.1 Å². The number of rotatable bonds is 4. The van der Waals surface area contributed by atoms with Gasteiger partial charge in [-0.2, -0.15) is 0 Å². The summed E-state index contributed by atoms with van der Waals surface area (Å²) in [6.45, 7) is 1.23. The standard InChI is InChI=1S/C25H23N3O3/c1-30-23-13-18-11-12-27(15-19(18)14-24(23)31-2)25(29)17-7-9-20(10-8-17)28-16-26-21-5-3-4-6-22(21)28/h3-10,13-14,16H,11-12,15H2,1-2H3.